The molecule has 2 atom stereocenters. The Morgan fingerprint density at radius 1 is 1.06 bits per heavy atom. The van der Waals surface area contributed by atoms with Gasteiger partial charge in [-0.15, -0.1) is 0 Å². The highest BCUT2D eigenvalue weighted by Gasteiger charge is 2.42. The average Bonchev–Trinajstić information content (AvgIpc) is 2.99. The number of hydrogen-bond acceptors (Lipinski definition) is 3. The Morgan fingerprint density at radius 3 is 2.45 bits per heavy atom. The van der Waals surface area contributed by atoms with E-state index in [2.05, 4.69) is 42.3 Å². The summed E-state index contributed by atoms with van der Waals surface area (Å²) in [6, 6.07) is 12.1. The van der Waals surface area contributed by atoms with Gasteiger partial charge in [0.15, 0.2) is 0 Å². The molecule has 3 saturated heterocycles. The van der Waals surface area contributed by atoms with Crippen molar-refractivity contribution < 1.29 is 9.53 Å². The van der Waals surface area contributed by atoms with Crippen molar-refractivity contribution in [2.45, 2.75) is 45.3 Å². The normalized spacial score (nSPS) is 28.3. The minimum absolute atomic E-state index is 0.0171. The summed E-state index contributed by atoms with van der Waals surface area (Å²) < 4.78 is 5.89. The van der Waals surface area contributed by atoms with Gasteiger partial charge in [-0.2, -0.15) is 0 Å². The molecule has 2 aromatic carbocycles. The van der Waals surface area contributed by atoms with E-state index in [1.165, 1.54) is 11.1 Å². The highest BCUT2D eigenvalue weighted by Crippen LogP contribution is 2.46. The van der Waals surface area contributed by atoms with Crippen LogP contribution in [-0.2, 0) is 11.2 Å². The number of rotatable bonds is 3. The van der Waals surface area contributed by atoms with Crippen molar-refractivity contribution in [3.8, 4) is 11.1 Å². The van der Waals surface area contributed by atoms with E-state index in [0.29, 0.717) is 16.0 Å². The van der Waals surface area contributed by atoms with Crippen LogP contribution in [0, 0.1) is 11.3 Å². The lowest BCUT2D eigenvalue weighted by Crippen LogP contribution is -2.53. The lowest BCUT2D eigenvalue weighted by molar-refractivity contribution is -0.0348. The molecule has 0 aromatic heterocycles. The summed E-state index contributed by atoms with van der Waals surface area (Å²) in [6.07, 6.45) is 2.88. The Morgan fingerprint density at radius 2 is 1.77 bits per heavy atom. The fourth-order valence-electron chi connectivity index (χ4n) is 5.52. The number of nitrogens with one attached hydrogen (secondary N) is 1. The molecule has 0 saturated carbocycles. The quantitative estimate of drug-likeness (QED) is 0.603. The van der Waals surface area contributed by atoms with Crippen molar-refractivity contribution in [2.24, 2.45) is 11.3 Å². The molecule has 0 radical (unpaired) electrons. The number of fused-ring (bicyclic) bond motifs is 4. The molecule has 0 spiro atoms. The first-order valence-electron chi connectivity index (χ1n) is 11.1. The van der Waals surface area contributed by atoms with E-state index in [4.69, 9.17) is 27.9 Å². The third-order valence-corrected chi connectivity index (χ3v) is 7.99. The molecule has 6 heteroatoms. The van der Waals surface area contributed by atoms with E-state index in [0.717, 1.165) is 50.0 Å². The van der Waals surface area contributed by atoms with E-state index in [9.17, 15) is 4.79 Å². The summed E-state index contributed by atoms with van der Waals surface area (Å²) in [5.41, 5.74) is 4.46. The number of hydrogen-bond donors (Lipinski definition) is 1. The molecule has 3 heterocycles. The van der Waals surface area contributed by atoms with Crippen molar-refractivity contribution in [3.05, 3.63) is 57.6 Å². The van der Waals surface area contributed by atoms with Gasteiger partial charge in [0, 0.05) is 6.54 Å². The number of amides is 1. The van der Waals surface area contributed by atoms with Crippen LogP contribution < -0.4 is 5.32 Å². The fourth-order valence-corrected chi connectivity index (χ4v) is 5.81. The molecule has 1 N–H and O–H groups in total. The van der Waals surface area contributed by atoms with Crippen LogP contribution in [0.25, 0.3) is 11.1 Å². The first-order valence-corrected chi connectivity index (χ1v) is 11.8. The van der Waals surface area contributed by atoms with Gasteiger partial charge < -0.3 is 10.1 Å². The minimum Gasteiger partial charge on any atom is -0.445 e. The van der Waals surface area contributed by atoms with Crippen molar-refractivity contribution in [1.82, 2.24) is 10.2 Å². The molecular formula is C25H28Cl2N2O2. The lowest BCUT2D eigenvalue weighted by atomic mass is 9.85. The Balaban J connectivity index is 1.33. The lowest BCUT2D eigenvalue weighted by Gasteiger charge is -2.44. The smallest absolute Gasteiger partial charge is 0.407 e. The third-order valence-electron chi connectivity index (χ3n) is 7.25. The van der Waals surface area contributed by atoms with E-state index >= 15 is 0 Å². The maximum absolute atomic E-state index is 12.8. The highest BCUT2D eigenvalue weighted by atomic mass is 35.5. The molecule has 31 heavy (non-hydrogen) atoms. The number of halogens is 2. The Bertz CT molecular complexity index is 1010. The molecule has 3 aliphatic heterocycles. The topological polar surface area (TPSA) is 41.6 Å². The van der Waals surface area contributed by atoms with Gasteiger partial charge >= 0.3 is 6.09 Å². The first kappa shape index (κ1) is 21.1. The van der Waals surface area contributed by atoms with Crippen LogP contribution in [0.4, 0.5) is 4.79 Å². The SMILES string of the molecule is CC1(C)Cc2cc(-c3ccc(Cl)c(Cl)c3)ccc2C1NC(=O)O[C@H]1CN2CCC1CC2. The van der Waals surface area contributed by atoms with Crippen LogP contribution in [0.3, 0.4) is 0 Å². The number of ether oxygens (including phenoxy) is 1. The molecule has 164 valence electrons. The predicted octanol–water partition coefficient (Wildman–Crippen LogP) is 6.10. The predicted molar refractivity (Wildman–Crippen MR) is 125 cm³/mol. The first-order chi connectivity index (χ1) is 14.8. The second kappa shape index (κ2) is 7.99. The van der Waals surface area contributed by atoms with Crippen molar-refractivity contribution >= 4 is 29.3 Å². The van der Waals surface area contributed by atoms with Gasteiger partial charge in [-0.3, -0.25) is 4.90 Å². The Hall–Kier alpha value is -1.75. The van der Waals surface area contributed by atoms with E-state index in [1.807, 2.05) is 18.2 Å². The summed E-state index contributed by atoms with van der Waals surface area (Å²) in [5, 5.41) is 4.29. The van der Waals surface area contributed by atoms with Gasteiger partial charge in [0.05, 0.1) is 16.1 Å². The molecule has 3 fully saturated rings. The minimum atomic E-state index is -0.293. The zero-order valence-electron chi connectivity index (χ0n) is 18.0. The molecular weight excluding hydrogens is 431 g/mol. The summed E-state index contributed by atoms with van der Waals surface area (Å²) in [7, 11) is 0. The molecule has 2 aromatic rings. The van der Waals surface area contributed by atoms with E-state index in [-0.39, 0.29) is 23.7 Å². The molecule has 1 amide bonds. The van der Waals surface area contributed by atoms with Gasteiger partial charge in [-0.25, -0.2) is 4.79 Å². The largest absolute Gasteiger partial charge is 0.445 e. The van der Waals surface area contributed by atoms with Crippen LogP contribution in [-0.4, -0.2) is 36.7 Å². The second-order valence-corrected chi connectivity index (χ2v) is 10.7. The molecule has 4 nitrogen and oxygen atoms in total. The number of nitrogens with zero attached hydrogens (tertiary/aromatic N) is 1. The number of carbonyl (C=O) groups is 1. The van der Waals surface area contributed by atoms with Crippen molar-refractivity contribution in [2.75, 3.05) is 19.6 Å². The summed E-state index contributed by atoms with van der Waals surface area (Å²) in [5.74, 6) is 0.508. The van der Waals surface area contributed by atoms with E-state index in [1.54, 1.807) is 0 Å². The molecule has 6 rings (SSSR count). The highest BCUT2D eigenvalue weighted by molar-refractivity contribution is 6.42. The van der Waals surface area contributed by atoms with Crippen molar-refractivity contribution in [1.29, 1.82) is 0 Å². The second-order valence-electron chi connectivity index (χ2n) is 9.87. The molecule has 1 aliphatic carbocycles. The number of carbonyl (C=O) groups excluding carboxylic acids is 1. The third kappa shape index (κ3) is 4.06. The zero-order chi connectivity index (χ0) is 21.8. The summed E-state index contributed by atoms with van der Waals surface area (Å²) >= 11 is 12.3. The maximum Gasteiger partial charge on any atom is 0.407 e. The zero-order valence-corrected chi connectivity index (χ0v) is 19.5. The number of piperidine rings is 3. The monoisotopic (exact) mass is 458 g/mol. The van der Waals surface area contributed by atoms with E-state index < -0.39 is 0 Å². The number of alkyl carbamates (subject to hydrolysis) is 1. The van der Waals surface area contributed by atoms with Crippen molar-refractivity contribution in [3.63, 3.8) is 0 Å². The fraction of sp³-hybridized carbons (Fsp3) is 0.480. The van der Waals surface area contributed by atoms with Crippen LogP contribution in [0.15, 0.2) is 36.4 Å². The van der Waals surface area contributed by atoms with Gasteiger partial charge in [0.25, 0.3) is 0 Å². The average molecular weight is 459 g/mol. The Labute approximate surface area is 193 Å². The van der Waals surface area contributed by atoms with Gasteiger partial charge in [-0.05, 0) is 78.1 Å². The summed E-state index contributed by atoms with van der Waals surface area (Å²) in [4.78, 5) is 15.2. The number of benzene rings is 2. The molecule has 1 unspecified atom stereocenters. The molecule has 2 bridgehead atoms. The van der Waals surface area contributed by atoms with Gasteiger partial charge in [-0.1, -0.05) is 61.3 Å². The van der Waals surface area contributed by atoms with Crippen LogP contribution in [0.2, 0.25) is 10.0 Å². The summed E-state index contributed by atoms with van der Waals surface area (Å²) in [6.45, 7) is 7.54. The van der Waals surface area contributed by atoms with Crippen LogP contribution in [0.1, 0.15) is 43.9 Å². The van der Waals surface area contributed by atoms with Gasteiger partial charge in [0.1, 0.15) is 6.10 Å². The molecule has 4 aliphatic rings. The Kier molecular flexibility index (Phi) is 5.44. The van der Waals surface area contributed by atoms with Crippen LogP contribution in [0.5, 0.6) is 0 Å². The van der Waals surface area contributed by atoms with Crippen LogP contribution >= 0.6 is 23.2 Å². The maximum atomic E-state index is 12.8. The van der Waals surface area contributed by atoms with Gasteiger partial charge in [0.2, 0.25) is 0 Å². The standard InChI is InChI=1S/C25H28Cl2N2O2/c1-25(2)13-18-11-16(17-4-6-20(26)21(27)12-17)3-5-19(18)23(25)28-24(30)31-22-14-29-9-7-15(22)8-10-29/h3-6,11-12,15,22-23H,7-10,13-14H2,1-2H3,(H,28,30)/t22-,23?/m0/s1.